The first kappa shape index (κ1) is 12.5. The maximum absolute atomic E-state index is 8.99. The van der Waals surface area contributed by atoms with Gasteiger partial charge < -0.3 is 15.7 Å². The quantitative estimate of drug-likeness (QED) is 0.515. The smallest absolute Gasteiger partial charge is 0.124 e. The molecule has 4 N–H and O–H groups in total. The molecule has 1 aromatic carbocycles. The molecular weight excluding hydrogens is 202 g/mol. The van der Waals surface area contributed by atoms with Crippen molar-refractivity contribution >= 4 is 11.5 Å². The molecule has 0 spiro atoms. The van der Waals surface area contributed by atoms with E-state index in [9.17, 15) is 0 Å². The molecule has 4 nitrogen and oxygen atoms in total. The Labute approximate surface area is 96.2 Å². The number of amidine groups is 1. The molecule has 1 aromatic rings. The van der Waals surface area contributed by atoms with Crippen molar-refractivity contribution in [1.82, 2.24) is 0 Å². The molecule has 0 radical (unpaired) electrons. The summed E-state index contributed by atoms with van der Waals surface area (Å²) in [4.78, 5) is 2.01. The fourth-order valence-corrected chi connectivity index (χ4v) is 1.71. The number of hydrogen-bond acceptors (Lipinski definition) is 3. The summed E-state index contributed by atoms with van der Waals surface area (Å²) >= 11 is 0. The minimum Gasteiger partial charge on any atom is -0.395 e. The number of benzene rings is 1. The molecule has 0 aliphatic heterocycles. The zero-order chi connectivity index (χ0) is 12.1. The van der Waals surface area contributed by atoms with Crippen LogP contribution in [-0.4, -0.2) is 30.6 Å². The predicted octanol–water partition coefficient (Wildman–Crippen LogP) is 1.10. The third-order valence-electron chi connectivity index (χ3n) is 2.53. The summed E-state index contributed by atoms with van der Waals surface area (Å²) in [7, 11) is 0. The van der Waals surface area contributed by atoms with Crippen molar-refractivity contribution in [3.8, 4) is 0 Å². The molecule has 0 aromatic heterocycles. The summed E-state index contributed by atoms with van der Waals surface area (Å²) in [5, 5.41) is 16.5. The minimum atomic E-state index is 0.0649. The average Bonchev–Trinajstić information content (AvgIpc) is 2.26. The number of rotatable bonds is 5. The van der Waals surface area contributed by atoms with E-state index < -0.39 is 0 Å². The van der Waals surface area contributed by atoms with E-state index >= 15 is 0 Å². The van der Waals surface area contributed by atoms with Gasteiger partial charge in [-0.3, -0.25) is 5.41 Å². The van der Waals surface area contributed by atoms with Crippen molar-refractivity contribution in [2.45, 2.75) is 13.8 Å². The lowest BCUT2D eigenvalue weighted by Gasteiger charge is -2.24. The van der Waals surface area contributed by atoms with Gasteiger partial charge in [0.15, 0.2) is 0 Å². The average molecular weight is 221 g/mol. The second kappa shape index (κ2) is 5.51. The SMILES string of the molecule is CCN(CCO)c1ccc(C)cc1C(=N)N. The Hall–Kier alpha value is -1.55. The maximum atomic E-state index is 8.99. The van der Waals surface area contributed by atoms with Crippen molar-refractivity contribution in [3.63, 3.8) is 0 Å². The Morgan fingerprint density at radius 3 is 2.69 bits per heavy atom. The molecule has 0 unspecified atom stereocenters. The number of hydrogen-bond donors (Lipinski definition) is 3. The van der Waals surface area contributed by atoms with Crippen LogP contribution < -0.4 is 10.6 Å². The van der Waals surface area contributed by atoms with Crippen LogP contribution in [0.2, 0.25) is 0 Å². The number of nitrogens with zero attached hydrogens (tertiary/aromatic N) is 1. The lowest BCUT2D eigenvalue weighted by atomic mass is 10.1. The number of nitrogens with one attached hydrogen (secondary N) is 1. The van der Waals surface area contributed by atoms with Gasteiger partial charge in [0.2, 0.25) is 0 Å². The highest BCUT2D eigenvalue weighted by molar-refractivity contribution is 6.00. The van der Waals surface area contributed by atoms with Crippen LogP contribution in [0.5, 0.6) is 0 Å². The molecule has 0 fully saturated rings. The summed E-state index contributed by atoms with van der Waals surface area (Å²) in [5.74, 6) is 0.0649. The number of aliphatic hydroxyl groups excluding tert-OH is 1. The van der Waals surface area contributed by atoms with Gasteiger partial charge in [-0.25, -0.2) is 0 Å². The van der Waals surface area contributed by atoms with Crippen LogP contribution in [0, 0.1) is 12.3 Å². The summed E-state index contributed by atoms with van der Waals surface area (Å²) in [6.45, 7) is 5.42. The largest absolute Gasteiger partial charge is 0.395 e. The zero-order valence-corrected chi connectivity index (χ0v) is 9.83. The van der Waals surface area contributed by atoms with E-state index in [2.05, 4.69) is 0 Å². The number of nitrogens with two attached hydrogens (primary N) is 1. The Morgan fingerprint density at radius 1 is 1.50 bits per heavy atom. The van der Waals surface area contributed by atoms with Crippen molar-refractivity contribution in [1.29, 1.82) is 5.41 Å². The van der Waals surface area contributed by atoms with Crippen LogP contribution in [0.15, 0.2) is 18.2 Å². The fourth-order valence-electron chi connectivity index (χ4n) is 1.71. The van der Waals surface area contributed by atoms with Crippen LogP contribution in [0.3, 0.4) is 0 Å². The van der Waals surface area contributed by atoms with E-state index in [0.717, 1.165) is 23.4 Å². The van der Waals surface area contributed by atoms with Gasteiger partial charge in [-0.05, 0) is 26.0 Å². The maximum Gasteiger partial charge on any atom is 0.124 e. The van der Waals surface area contributed by atoms with E-state index in [-0.39, 0.29) is 12.4 Å². The highest BCUT2D eigenvalue weighted by Gasteiger charge is 2.11. The molecule has 0 amide bonds. The Kier molecular flexibility index (Phi) is 4.31. The second-order valence-electron chi connectivity index (χ2n) is 3.74. The van der Waals surface area contributed by atoms with Gasteiger partial charge in [0.05, 0.1) is 6.61 Å². The molecule has 0 aliphatic carbocycles. The van der Waals surface area contributed by atoms with E-state index in [4.69, 9.17) is 16.2 Å². The van der Waals surface area contributed by atoms with Crippen LogP contribution >= 0.6 is 0 Å². The van der Waals surface area contributed by atoms with Crippen molar-refractivity contribution in [2.75, 3.05) is 24.6 Å². The van der Waals surface area contributed by atoms with Gasteiger partial charge in [-0.1, -0.05) is 11.6 Å². The predicted molar refractivity (Wildman–Crippen MR) is 67.2 cm³/mol. The molecular formula is C12H19N3O. The van der Waals surface area contributed by atoms with E-state index in [1.807, 2.05) is 36.9 Å². The lowest BCUT2D eigenvalue weighted by Crippen LogP contribution is -2.29. The first-order valence-electron chi connectivity index (χ1n) is 5.41. The molecule has 0 atom stereocenters. The van der Waals surface area contributed by atoms with Crippen molar-refractivity contribution < 1.29 is 5.11 Å². The third-order valence-corrected chi connectivity index (χ3v) is 2.53. The monoisotopic (exact) mass is 221 g/mol. The summed E-state index contributed by atoms with van der Waals surface area (Å²) in [5.41, 5.74) is 8.29. The van der Waals surface area contributed by atoms with Crippen molar-refractivity contribution in [3.05, 3.63) is 29.3 Å². The second-order valence-corrected chi connectivity index (χ2v) is 3.74. The molecule has 0 saturated carbocycles. The Morgan fingerprint density at radius 2 is 2.19 bits per heavy atom. The van der Waals surface area contributed by atoms with Crippen LogP contribution in [0.4, 0.5) is 5.69 Å². The highest BCUT2D eigenvalue weighted by Crippen LogP contribution is 2.21. The molecule has 88 valence electrons. The Balaban J connectivity index is 3.14. The van der Waals surface area contributed by atoms with E-state index in [0.29, 0.717) is 6.54 Å². The first-order valence-corrected chi connectivity index (χ1v) is 5.41. The summed E-state index contributed by atoms with van der Waals surface area (Å²) in [6.07, 6.45) is 0. The van der Waals surface area contributed by atoms with E-state index in [1.54, 1.807) is 0 Å². The number of likely N-dealkylation sites (N-methyl/N-ethyl adjacent to an activating group) is 1. The zero-order valence-electron chi connectivity index (χ0n) is 9.83. The number of aliphatic hydroxyl groups is 1. The van der Waals surface area contributed by atoms with Gasteiger partial charge in [-0.2, -0.15) is 0 Å². The first-order chi connectivity index (χ1) is 7.60. The van der Waals surface area contributed by atoms with Crippen LogP contribution in [0.1, 0.15) is 18.1 Å². The third kappa shape index (κ3) is 2.73. The number of nitrogen functional groups attached to an aromatic ring is 1. The van der Waals surface area contributed by atoms with Gasteiger partial charge in [-0.15, -0.1) is 0 Å². The minimum absolute atomic E-state index is 0.0649. The molecule has 4 heteroatoms. The van der Waals surface area contributed by atoms with E-state index in [1.165, 1.54) is 0 Å². The fraction of sp³-hybridized carbons (Fsp3) is 0.417. The van der Waals surface area contributed by atoms with Crippen LogP contribution in [0.25, 0.3) is 0 Å². The summed E-state index contributed by atoms with van der Waals surface area (Å²) < 4.78 is 0. The molecule has 16 heavy (non-hydrogen) atoms. The number of aryl methyl sites for hydroxylation is 1. The summed E-state index contributed by atoms with van der Waals surface area (Å²) in [6, 6.07) is 5.84. The lowest BCUT2D eigenvalue weighted by molar-refractivity contribution is 0.302. The normalized spacial score (nSPS) is 10.2. The van der Waals surface area contributed by atoms with Gasteiger partial charge in [0, 0.05) is 24.3 Å². The Bertz CT molecular complexity index is 377. The number of anilines is 1. The van der Waals surface area contributed by atoms with Gasteiger partial charge in [0.25, 0.3) is 0 Å². The molecule has 0 bridgehead atoms. The molecule has 0 aliphatic rings. The highest BCUT2D eigenvalue weighted by atomic mass is 16.3. The standard InChI is InChI=1S/C12H19N3O/c1-3-15(6-7-16)11-5-4-9(2)8-10(11)12(13)14/h4-5,8,16H,3,6-7H2,1-2H3,(H3,13,14). The van der Waals surface area contributed by atoms with Gasteiger partial charge >= 0.3 is 0 Å². The molecule has 0 heterocycles. The molecule has 0 saturated heterocycles. The topological polar surface area (TPSA) is 73.3 Å². The van der Waals surface area contributed by atoms with Crippen molar-refractivity contribution in [2.24, 2.45) is 5.73 Å². The molecule has 1 rings (SSSR count). The van der Waals surface area contributed by atoms with Crippen LogP contribution in [-0.2, 0) is 0 Å². The van der Waals surface area contributed by atoms with Gasteiger partial charge in [0.1, 0.15) is 5.84 Å².